The molecule has 0 amide bonds. The Morgan fingerprint density at radius 2 is 0.472 bits per heavy atom. The maximum atomic E-state index is 12.8. The van der Waals surface area contributed by atoms with Crippen molar-refractivity contribution in [2.24, 2.45) is 0 Å². The summed E-state index contributed by atoms with van der Waals surface area (Å²) in [6.45, 7) is -1.90. The van der Waals surface area contributed by atoms with Crippen LogP contribution in [0.25, 0.3) is 0 Å². The van der Waals surface area contributed by atoms with Crippen LogP contribution >= 0.6 is 0 Å². The number of phenolic OH excluding ortho intramolecular Hbond substituents is 8. The maximum Gasteiger partial charge on any atom is 0.338 e. The lowest BCUT2D eigenvalue weighted by Gasteiger charge is -2.05. The molecule has 0 saturated carbocycles. The van der Waals surface area contributed by atoms with E-state index in [1.54, 1.807) is 0 Å². The lowest BCUT2D eigenvalue weighted by molar-refractivity contribution is 0.0534. The summed E-state index contributed by atoms with van der Waals surface area (Å²) in [6, 6.07) is 12.6. The molecule has 1 aliphatic rings. The number of aromatic hydroxyl groups is 8. The molecule has 4 aromatic rings. The van der Waals surface area contributed by atoms with Crippen LogP contribution in [0.4, 0.5) is 0 Å². The van der Waals surface area contributed by atoms with Crippen LogP contribution in [0.3, 0.4) is 0 Å². The molecular weight excluding hydrogens is 929 g/mol. The van der Waals surface area contributed by atoms with Crippen molar-refractivity contribution in [3.63, 3.8) is 0 Å². The fourth-order valence-corrected chi connectivity index (χ4v) is 5.30. The maximum absolute atomic E-state index is 12.8. The Hall–Kier alpha value is -11.4. The van der Waals surface area contributed by atoms with E-state index in [1.165, 1.54) is 24.3 Å². The van der Waals surface area contributed by atoms with Crippen molar-refractivity contribution in [1.29, 1.82) is 0 Å². The highest BCUT2D eigenvalue weighted by molar-refractivity contribution is 5.92. The summed E-state index contributed by atoms with van der Waals surface area (Å²) >= 11 is 0. The molecule has 0 bridgehead atoms. The SMILES string of the molecule is O=C(OC/C1=C\C#CC#C/C=C(/COC(=O)c2cc(O)cc(O)c2)C#CC#C/C(COC(=O)c2cc(O)cc(O)c2)=C\C#CC#C/C=C(/COC(=O)c2cc(O)cc(O)c2)C#CC#C1)c1cc(O)cc(O)c1. The standard InChI is InChI=1S/C56H32O16/c57-45-21-41(22-46(58)29-45)53(65)69-33-37-13-5-1-2-6-14-38(34-70-54(66)42-23-47(59)30-48(60)24-42)18-11-12-20-40(36-72-56(68)44-27-51(63)32-52(64)28-44)16-8-4-3-7-15-39(19-10-9-17-37)35-71-55(67)43-25-49(61)31-50(62)26-43/h13-16,21-32,57-64H,33-36H2/b37-13-,38-14+,39-15+,40-16+. The Kier molecular flexibility index (Phi) is 18.7. The van der Waals surface area contributed by atoms with Gasteiger partial charge in [0, 0.05) is 70.9 Å². The number of esters is 4. The van der Waals surface area contributed by atoms with Crippen LogP contribution in [-0.2, 0) is 18.9 Å². The molecule has 4 aromatic carbocycles. The lowest BCUT2D eigenvalue weighted by Crippen LogP contribution is -2.07. The van der Waals surface area contributed by atoms with Gasteiger partial charge in [-0.3, -0.25) is 0 Å². The average molecular weight is 961 g/mol. The molecule has 16 heteroatoms. The van der Waals surface area contributed by atoms with Gasteiger partial charge in [-0.05, 0) is 95.9 Å². The zero-order valence-electron chi connectivity index (χ0n) is 36.9. The first-order valence-corrected chi connectivity index (χ1v) is 20.2. The summed E-state index contributed by atoms with van der Waals surface area (Å²) in [5, 5.41) is 78.6. The fraction of sp³-hybridized carbons (Fsp3) is 0.0714. The topological polar surface area (TPSA) is 267 Å². The molecule has 8 N–H and O–H groups in total. The molecule has 0 heterocycles. The van der Waals surface area contributed by atoms with E-state index >= 15 is 0 Å². The third kappa shape index (κ3) is 17.8. The van der Waals surface area contributed by atoms with Crippen molar-refractivity contribution in [2.45, 2.75) is 0 Å². The summed E-state index contributed by atoms with van der Waals surface area (Å²) in [5.74, 6) is 34.9. The van der Waals surface area contributed by atoms with Crippen LogP contribution in [0, 0.1) is 94.7 Å². The second-order valence-electron chi connectivity index (χ2n) is 14.0. The normalized spacial score (nSPS) is 14.3. The molecule has 0 fully saturated rings. The molecule has 352 valence electrons. The van der Waals surface area contributed by atoms with E-state index in [0.29, 0.717) is 0 Å². The van der Waals surface area contributed by atoms with Crippen LogP contribution in [0.5, 0.6) is 46.0 Å². The van der Waals surface area contributed by atoms with Crippen molar-refractivity contribution >= 4 is 23.9 Å². The van der Waals surface area contributed by atoms with Gasteiger partial charge in [0.2, 0.25) is 0 Å². The zero-order chi connectivity index (χ0) is 51.8. The summed E-state index contributed by atoms with van der Waals surface area (Å²) in [7, 11) is 0. The number of rotatable bonds is 12. The van der Waals surface area contributed by atoms with E-state index in [9.17, 15) is 60.0 Å². The van der Waals surface area contributed by atoms with Gasteiger partial charge in [-0.2, -0.15) is 0 Å². The molecule has 5 rings (SSSR count). The number of benzene rings is 4. The van der Waals surface area contributed by atoms with E-state index in [2.05, 4.69) is 94.7 Å². The summed E-state index contributed by atoms with van der Waals surface area (Å²) < 4.78 is 21.3. The molecule has 0 aliphatic heterocycles. The minimum absolute atomic E-state index is 0.0907. The van der Waals surface area contributed by atoms with E-state index in [0.717, 1.165) is 72.8 Å². The second-order valence-corrected chi connectivity index (χ2v) is 14.0. The third-order valence-electron chi connectivity index (χ3n) is 8.40. The van der Waals surface area contributed by atoms with Gasteiger partial charge in [0.1, 0.15) is 72.4 Å². The van der Waals surface area contributed by atoms with Gasteiger partial charge in [-0.15, -0.1) is 0 Å². The summed E-state index contributed by atoms with van der Waals surface area (Å²) in [4.78, 5) is 51.1. The molecule has 16 nitrogen and oxygen atoms in total. The van der Waals surface area contributed by atoms with Gasteiger partial charge in [0.25, 0.3) is 0 Å². The largest absolute Gasteiger partial charge is 0.508 e. The number of phenols is 8. The first-order chi connectivity index (χ1) is 34.6. The Morgan fingerprint density at radius 3 is 0.653 bits per heavy atom. The number of allylic oxidation sites excluding steroid dienone is 4. The fourth-order valence-electron chi connectivity index (χ4n) is 5.30. The lowest BCUT2D eigenvalue weighted by atomic mass is 10.2. The predicted molar refractivity (Wildman–Crippen MR) is 255 cm³/mol. The highest BCUT2D eigenvalue weighted by Gasteiger charge is 2.14. The second kappa shape index (κ2) is 26.1. The molecule has 0 saturated heterocycles. The highest BCUT2D eigenvalue weighted by atomic mass is 16.5. The van der Waals surface area contributed by atoms with E-state index in [4.69, 9.17) is 18.9 Å². The first kappa shape index (κ1) is 51.6. The van der Waals surface area contributed by atoms with Crippen LogP contribution in [0.15, 0.2) is 119 Å². The van der Waals surface area contributed by atoms with E-state index in [1.807, 2.05) is 0 Å². The molecular formula is C56H32O16. The molecule has 0 unspecified atom stereocenters. The minimum Gasteiger partial charge on any atom is -0.508 e. The third-order valence-corrected chi connectivity index (χ3v) is 8.40. The van der Waals surface area contributed by atoms with Crippen molar-refractivity contribution in [3.05, 3.63) is 142 Å². The predicted octanol–water partition coefficient (Wildman–Crippen LogP) is 4.81. The molecule has 0 spiro atoms. The summed E-state index contributed by atoms with van der Waals surface area (Å²) in [5.41, 5.74) is -0.334. The number of carbonyl (C=O) groups excluding carboxylic acids is 4. The van der Waals surface area contributed by atoms with Crippen LogP contribution < -0.4 is 0 Å². The monoisotopic (exact) mass is 960 g/mol. The quantitative estimate of drug-likeness (QED) is 0.0538. The summed E-state index contributed by atoms with van der Waals surface area (Å²) in [6.07, 6.45) is 5.02. The molecule has 1 aliphatic carbocycles. The molecule has 0 radical (unpaired) electrons. The Labute approximate surface area is 410 Å². The number of carbonyl (C=O) groups is 4. The van der Waals surface area contributed by atoms with Gasteiger partial charge < -0.3 is 59.8 Å². The zero-order valence-corrected chi connectivity index (χ0v) is 36.9. The highest BCUT2D eigenvalue weighted by Crippen LogP contribution is 2.24. The van der Waals surface area contributed by atoms with Gasteiger partial charge in [-0.1, -0.05) is 47.4 Å². The Balaban J connectivity index is 1.52. The number of hydrogen-bond acceptors (Lipinski definition) is 16. The molecule has 0 aromatic heterocycles. The van der Waals surface area contributed by atoms with Crippen molar-refractivity contribution in [1.82, 2.24) is 0 Å². The molecule has 72 heavy (non-hydrogen) atoms. The van der Waals surface area contributed by atoms with Crippen molar-refractivity contribution < 1.29 is 79.0 Å². The first-order valence-electron chi connectivity index (χ1n) is 20.2. The van der Waals surface area contributed by atoms with Crippen molar-refractivity contribution in [2.75, 3.05) is 26.4 Å². The van der Waals surface area contributed by atoms with Crippen molar-refractivity contribution in [3.8, 4) is 141 Å². The Morgan fingerprint density at radius 1 is 0.292 bits per heavy atom. The van der Waals surface area contributed by atoms with Gasteiger partial charge >= 0.3 is 23.9 Å². The number of ether oxygens (including phenoxy) is 4. The van der Waals surface area contributed by atoms with Crippen LogP contribution in [-0.4, -0.2) is 91.2 Å². The average Bonchev–Trinajstić information content (AvgIpc) is 3.32. The Bertz CT molecular complexity index is 2980. The smallest absolute Gasteiger partial charge is 0.338 e. The van der Waals surface area contributed by atoms with E-state index in [-0.39, 0.29) is 44.5 Å². The van der Waals surface area contributed by atoms with E-state index < -0.39 is 96.3 Å². The van der Waals surface area contributed by atoms with Gasteiger partial charge in [0.05, 0.1) is 22.3 Å². The minimum atomic E-state index is -0.937. The van der Waals surface area contributed by atoms with Gasteiger partial charge in [0.15, 0.2) is 0 Å². The number of hydrogen-bond donors (Lipinski definition) is 8. The van der Waals surface area contributed by atoms with Crippen LogP contribution in [0.1, 0.15) is 41.4 Å². The molecule has 0 atom stereocenters. The van der Waals surface area contributed by atoms with Gasteiger partial charge in [-0.25, -0.2) is 19.2 Å². The van der Waals surface area contributed by atoms with Crippen LogP contribution in [0.2, 0.25) is 0 Å².